The van der Waals surface area contributed by atoms with Crippen molar-refractivity contribution in [2.45, 2.75) is 26.9 Å². The summed E-state index contributed by atoms with van der Waals surface area (Å²) in [4.78, 5) is 28.9. The number of rotatable bonds is 4. The van der Waals surface area contributed by atoms with Crippen molar-refractivity contribution in [1.29, 1.82) is 0 Å². The van der Waals surface area contributed by atoms with Crippen LogP contribution in [0.4, 0.5) is 18.9 Å². The van der Waals surface area contributed by atoms with Crippen LogP contribution in [-0.2, 0) is 11.0 Å². The normalized spacial score (nSPS) is 19.0. The molecule has 0 saturated carbocycles. The Kier molecular flexibility index (Phi) is 5.20. The molecule has 1 atom stereocenters. The van der Waals surface area contributed by atoms with E-state index in [2.05, 4.69) is 10.3 Å². The van der Waals surface area contributed by atoms with Gasteiger partial charge in [0.15, 0.2) is 5.78 Å². The lowest BCUT2D eigenvalue weighted by molar-refractivity contribution is -0.138. The van der Waals surface area contributed by atoms with E-state index < -0.39 is 34.8 Å². The van der Waals surface area contributed by atoms with Gasteiger partial charge in [0.25, 0.3) is 0 Å². The van der Waals surface area contributed by atoms with Crippen molar-refractivity contribution in [1.82, 2.24) is 0 Å². The average Bonchev–Trinajstić information content (AvgIpc) is 2.50. The number of fused-ring (bicyclic) bond motifs is 1. The molecule has 1 heterocycles. The number of halogens is 3. The molecule has 0 aliphatic carbocycles. The van der Waals surface area contributed by atoms with Gasteiger partial charge in [0.2, 0.25) is 0 Å². The summed E-state index contributed by atoms with van der Waals surface area (Å²) in [5.74, 6) is -2.58. The van der Waals surface area contributed by atoms with Crippen molar-refractivity contribution < 1.29 is 27.5 Å². The van der Waals surface area contributed by atoms with Crippen molar-refractivity contribution in [3.05, 3.63) is 23.3 Å². The molecule has 1 aliphatic rings. The molecule has 8 heteroatoms. The van der Waals surface area contributed by atoms with E-state index in [4.69, 9.17) is 4.74 Å². The van der Waals surface area contributed by atoms with Gasteiger partial charge in [-0.05, 0) is 25.0 Å². The highest BCUT2D eigenvalue weighted by Crippen LogP contribution is 2.43. The molecule has 0 aromatic heterocycles. The van der Waals surface area contributed by atoms with Gasteiger partial charge in [-0.25, -0.2) is 0 Å². The fraction of sp³-hybridized carbons (Fsp3) is 0.471. The van der Waals surface area contributed by atoms with Gasteiger partial charge in [-0.15, -0.1) is 0 Å². The molecular weight excluding hydrogens is 337 g/mol. The van der Waals surface area contributed by atoms with Crippen LogP contribution in [0.1, 0.15) is 36.7 Å². The quantitative estimate of drug-likeness (QED) is 0.838. The number of aliphatic imine (C=N–C) groups is 1. The highest BCUT2D eigenvalue weighted by Gasteiger charge is 2.44. The van der Waals surface area contributed by atoms with Gasteiger partial charge < -0.3 is 10.1 Å². The minimum absolute atomic E-state index is 0.0522. The van der Waals surface area contributed by atoms with E-state index in [1.807, 2.05) is 13.8 Å². The second-order valence-corrected chi connectivity index (χ2v) is 6.22. The number of nitrogens with zero attached hydrogens (tertiary/aromatic N) is 1. The van der Waals surface area contributed by atoms with Crippen LogP contribution in [0.25, 0.3) is 0 Å². The van der Waals surface area contributed by atoms with E-state index in [1.165, 1.54) is 7.11 Å². The molecule has 1 aromatic carbocycles. The number of anilines is 1. The topological polar surface area (TPSA) is 67.8 Å². The van der Waals surface area contributed by atoms with Crippen LogP contribution in [0.5, 0.6) is 5.75 Å². The van der Waals surface area contributed by atoms with Crippen LogP contribution in [-0.4, -0.2) is 31.1 Å². The summed E-state index contributed by atoms with van der Waals surface area (Å²) in [7, 11) is 1.29. The van der Waals surface area contributed by atoms with Crippen LogP contribution < -0.4 is 10.1 Å². The number of nitrogens with one attached hydrogen (secondary N) is 1. The van der Waals surface area contributed by atoms with E-state index in [1.54, 1.807) is 0 Å². The molecule has 2 rings (SSSR count). The van der Waals surface area contributed by atoms with Crippen LogP contribution in [0.3, 0.4) is 0 Å². The number of methoxy groups -OCH3 is 1. The van der Waals surface area contributed by atoms with Crippen molar-refractivity contribution >= 4 is 23.1 Å². The van der Waals surface area contributed by atoms with E-state index in [-0.39, 0.29) is 23.2 Å². The first-order valence-corrected chi connectivity index (χ1v) is 7.72. The Hall–Kier alpha value is -2.38. The summed E-state index contributed by atoms with van der Waals surface area (Å²) in [5.41, 5.74) is -1.80. The largest absolute Gasteiger partial charge is 0.495 e. The maximum absolute atomic E-state index is 13.3. The SMILES string of the molecule is COc1ccc(C(F)(F)F)c2c1NC(=NCC(C)C)C(C(C)=O)C2=O. The first-order chi connectivity index (χ1) is 11.6. The van der Waals surface area contributed by atoms with Gasteiger partial charge in [-0.1, -0.05) is 13.8 Å². The highest BCUT2D eigenvalue weighted by atomic mass is 19.4. The fourth-order valence-corrected chi connectivity index (χ4v) is 2.63. The summed E-state index contributed by atoms with van der Waals surface area (Å²) in [6, 6.07) is 1.92. The molecule has 0 radical (unpaired) electrons. The molecule has 5 nitrogen and oxygen atoms in total. The lowest BCUT2D eigenvalue weighted by Gasteiger charge is -2.29. The molecule has 0 fully saturated rings. The van der Waals surface area contributed by atoms with Crippen LogP contribution in [0.15, 0.2) is 17.1 Å². The number of carbonyl (C=O) groups excluding carboxylic acids is 2. The first kappa shape index (κ1) is 19.0. The molecule has 1 aliphatic heterocycles. The number of ketones is 2. The Balaban J connectivity index is 2.70. The molecule has 0 amide bonds. The number of Topliss-reactive ketones (excluding diaryl/α,β-unsaturated/α-hetero) is 2. The number of alkyl halides is 3. The Bertz CT molecular complexity index is 739. The Morgan fingerprint density at radius 2 is 2.00 bits per heavy atom. The molecule has 1 N–H and O–H groups in total. The maximum atomic E-state index is 13.3. The summed E-state index contributed by atoms with van der Waals surface area (Å²) in [5, 5.41) is 2.73. The number of ether oxygens (including phenoxy) is 1. The Morgan fingerprint density at radius 1 is 1.36 bits per heavy atom. The second-order valence-electron chi connectivity index (χ2n) is 6.22. The molecule has 1 aromatic rings. The van der Waals surface area contributed by atoms with E-state index in [9.17, 15) is 22.8 Å². The third-order valence-electron chi connectivity index (χ3n) is 3.76. The molecule has 1 unspecified atom stereocenters. The number of carbonyl (C=O) groups is 2. The molecule has 0 spiro atoms. The monoisotopic (exact) mass is 356 g/mol. The minimum atomic E-state index is -4.73. The number of benzene rings is 1. The van der Waals surface area contributed by atoms with Gasteiger partial charge in [0.1, 0.15) is 23.3 Å². The molecule has 25 heavy (non-hydrogen) atoms. The maximum Gasteiger partial charge on any atom is 0.417 e. The molecule has 0 saturated heterocycles. The van der Waals surface area contributed by atoms with Crippen molar-refractivity contribution in [2.24, 2.45) is 16.8 Å². The van der Waals surface area contributed by atoms with Gasteiger partial charge in [-0.3, -0.25) is 14.6 Å². The van der Waals surface area contributed by atoms with Gasteiger partial charge in [0.05, 0.1) is 23.9 Å². The zero-order chi connectivity index (χ0) is 18.9. The third kappa shape index (κ3) is 3.67. The Morgan fingerprint density at radius 3 is 2.48 bits per heavy atom. The predicted molar refractivity (Wildman–Crippen MR) is 87.3 cm³/mol. The van der Waals surface area contributed by atoms with E-state index in [0.29, 0.717) is 6.54 Å². The average molecular weight is 356 g/mol. The van der Waals surface area contributed by atoms with E-state index >= 15 is 0 Å². The van der Waals surface area contributed by atoms with Crippen molar-refractivity contribution in [3.8, 4) is 5.75 Å². The number of hydrogen-bond acceptors (Lipinski definition) is 4. The smallest absolute Gasteiger partial charge is 0.417 e. The zero-order valence-electron chi connectivity index (χ0n) is 14.3. The zero-order valence-corrected chi connectivity index (χ0v) is 14.3. The van der Waals surface area contributed by atoms with Crippen LogP contribution >= 0.6 is 0 Å². The summed E-state index contributed by atoms with van der Waals surface area (Å²) in [6.07, 6.45) is -4.73. The molecular formula is C17H19F3N2O3. The second kappa shape index (κ2) is 6.85. The molecule has 0 bridgehead atoms. The number of hydrogen-bond donors (Lipinski definition) is 1. The van der Waals surface area contributed by atoms with E-state index in [0.717, 1.165) is 19.1 Å². The lowest BCUT2D eigenvalue weighted by Crippen LogP contribution is -2.41. The van der Waals surface area contributed by atoms with Crippen molar-refractivity contribution in [3.63, 3.8) is 0 Å². The summed E-state index contributed by atoms with van der Waals surface area (Å²) in [6.45, 7) is 5.28. The highest BCUT2D eigenvalue weighted by molar-refractivity contribution is 6.32. The third-order valence-corrected chi connectivity index (χ3v) is 3.76. The first-order valence-electron chi connectivity index (χ1n) is 7.72. The van der Waals surface area contributed by atoms with Gasteiger partial charge in [-0.2, -0.15) is 13.2 Å². The van der Waals surface area contributed by atoms with Gasteiger partial charge >= 0.3 is 6.18 Å². The van der Waals surface area contributed by atoms with Crippen LogP contribution in [0, 0.1) is 11.8 Å². The van der Waals surface area contributed by atoms with Crippen LogP contribution in [0.2, 0.25) is 0 Å². The Labute approximate surface area is 143 Å². The summed E-state index contributed by atoms with van der Waals surface area (Å²) >= 11 is 0. The van der Waals surface area contributed by atoms with Gasteiger partial charge in [0, 0.05) is 6.54 Å². The molecule has 136 valence electrons. The fourth-order valence-electron chi connectivity index (χ4n) is 2.63. The predicted octanol–water partition coefficient (Wildman–Crippen LogP) is 3.58. The lowest BCUT2D eigenvalue weighted by atomic mass is 9.85. The minimum Gasteiger partial charge on any atom is -0.495 e. The van der Waals surface area contributed by atoms with Crippen molar-refractivity contribution in [2.75, 3.05) is 19.0 Å². The summed E-state index contributed by atoms with van der Waals surface area (Å²) < 4.78 is 45.1. The number of amidine groups is 1. The standard InChI is InChI=1S/C17H19F3N2O3/c1-8(2)7-21-16-12(9(3)23)15(24)13-10(17(18,19)20)5-6-11(25-4)14(13)22-16/h5-6,8,12H,7H2,1-4H3,(H,21,22).